The lowest BCUT2D eigenvalue weighted by Crippen LogP contribution is -2.32. The molecule has 0 fully saturated rings. The zero-order valence-electron chi connectivity index (χ0n) is 17.5. The van der Waals surface area contributed by atoms with Crippen molar-refractivity contribution in [3.8, 4) is 0 Å². The predicted octanol–water partition coefficient (Wildman–Crippen LogP) is 3.05. The lowest BCUT2D eigenvalue weighted by molar-refractivity contribution is -0.384. The van der Waals surface area contributed by atoms with Gasteiger partial charge in [0.15, 0.2) is 0 Å². The minimum Gasteiger partial charge on any atom is -0.462 e. The van der Waals surface area contributed by atoms with Crippen molar-refractivity contribution < 1.29 is 24.0 Å². The highest BCUT2D eigenvalue weighted by Crippen LogP contribution is 2.40. The van der Waals surface area contributed by atoms with E-state index in [0.29, 0.717) is 28.5 Å². The number of rotatable bonds is 6. The predicted molar refractivity (Wildman–Crippen MR) is 119 cm³/mol. The number of nitrogens with zero attached hydrogens (tertiary/aromatic N) is 2. The summed E-state index contributed by atoms with van der Waals surface area (Å²) in [5, 5.41) is 17.2. The zero-order valence-corrected chi connectivity index (χ0v) is 18.4. The lowest BCUT2D eigenvalue weighted by Gasteiger charge is -2.18. The Hall–Kier alpha value is -3.60. The lowest BCUT2D eigenvalue weighted by atomic mass is 9.88. The smallest absolute Gasteiger partial charge is 0.341 e. The van der Waals surface area contributed by atoms with Gasteiger partial charge < -0.3 is 10.1 Å². The Labute approximate surface area is 187 Å². The third-order valence-electron chi connectivity index (χ3n) is 4.91. The van der Waals surface area contributed by atoms with Crippen molar-refractivity contribution in [3.63, 3.8) is 0 Å². The van der Waals surface area contributed by atoms with E-state index in [1.807, 2.05) is 0 Å². The molecule has 10 nitrogen and oxygen atoms in total. The van der Waals surface area contributed by atoms with Crippen LogP contribution in [0.4, 0.5) is 10.7 Å². The maximum Gasteiger partial charge on any atom is 0.341 e. The van der Waals surface area contributed by atoms with Crippen LogP contribution in [-0.4, -0.2) is 35.5 Å². The topological polar surface area (TPSA) is 140 Å². The minimum absolute atomic E-state index is 0.0731. The van der Waals surface area contributed by atoms with E-state index in [9.17, 15) is 24.5 Å². The van der Waals surface area contributed by atoms with Crippen molar-refractivity contribution in [1.82, 2.24) is 5.43 Å². The van der Waals surface area contributed by atoms with Gasteiger partial charge in [0.1, 0.15) is 5.00 Å². The van der Waals surface area contributed by atoms with Gasteiger partial charge in [0.2, 0.25) is 0 Å². The number of nitro benzene ring substituents is 1. The molecule has 168 valence electrons. The fourth-order valence-corrected chi connectivity index (χ4v) is 4.71. The molecule has 2 aromatic rings. The summed E-state index contributed by atoms with van der Waals surface area (Å²) in [6.45, 7) is 4.03. The van der Waals surface area contributed by atoms with Gasteiger partial charge in [0.25, 0.3) is 5.69 Å². The van der Waals surface area contributed by atoms with Crippen LogP contribution in [0.1, 0.15) is 46.6 Å². The summed E-state index contributed by atoms with van der Waals surface area (Å²) in [6.07, 6.45) is 3.70. The molecule has 2 amide bonds. The summed E-state index contributed by atoms with van der Waals surface area (Å²) in [4.78, 5) is 48.2. The van der Waals surface area contributed by atoms with E-state index >= 15 is 0 Å². The first-order valence-corrected chi connectivity index (χ1v) is 10.8. The van der Waals surface area contributed by atoms with Crippen LogP contribution in [0.25, 0.3) is 0 Å². The average molecular weight is 458 g/mol. The van der Waals surface area contributed by atoms with Gasteiger partial charge in [-0.3, -0.25) is 19.7 Å². The Morgan fingerprint density at radius 2 is 2.00 bits per heavy atom. The van der Waals surface area contributed by atoms with Gasteiger partial charge in [0, 0.05) is 17.0 Å². The Bertz CT molecular complexity index is 1080. The Morgan fingerprint density at radius 1 is 1.28 bits per heavy atom. The van der Waals surface area contributed by atoms with E-state index in [-0.39, 0.29) is 12.3 Å². The number of carbonyl (C=O) groups excluding carboxylic acids is 3. The van der Waals surface area contributed by atoms with Crippen LogP contribution in [0.15, 0.2) is 29.4 Å². The van der Waals surface area contributed by atoms with E-state index in [0.717, 1.165) is 23.3 Å². The number of non-ortho nitro benzene ring substituents is 1. The maximum atomic E-state index is 12.5. The van der Waals surface area contributed by atoms with Gasteiger partial charge in [0.05, 0.1) is 23.3 Å². The van der Waals surface area contributed by atoms with Gasteiger partial charge in [-0.25, -0.2) is 10.2 Å². The second kappa shape index (κ2) is 10.1. The van der Waals surface area contributed by atoms with Crippen molar-refractivity contribution in [2.75, 3.05) is 11.9 Å². The van der Waals surface area contributed by atoms with Crippen LogP contribution < -0.4 is 10.7 Å². The minimum atomic E-state index is -1.02. The van der Waals surface area contributed by atoms with E-state index < -0.39 is 22.7 Å². The number of hydrazone groups is 1. The first-order chi connectivity index (χ1) is 15.3. The van der Waals surface area contributed by atoms with Crippen LogP contribution in [-0.2, 0) is 27.2 Å². The number of amides is 2. The van der Waals surface area contributed by atoms with Crippen LogP contribution >= 0.6 is 11.3 Å². The molecule has 0 spiro atoms. The van der Waals surface area contributed by atoms with Gasteiger partial charge in [-0.05, 0) is 55.4 Å². The first kappa shape index (κ1) is 23.1. The number of nitrogens with one attached hydrogen (secondary N) is 2. The fourth-order valence-electron chi connectivity index (χ4n) is 3.32. The van der Waals surface area contributed by atoms with Crippen molar-refractivity contribution in [2.24, 2.45) is 11.0 Å². The Morgan fingerprint density at radius 3 is 2.66 bits per heavy atom. The molecule has 0 saturated carbocycles. The van der Waals surface area contributed by atoms with Crippen LogP contribution in [0, 0.1) is 16.0 Å². The summed E-state index contributed by atoms with van der Waals surface area (Å²) in [5.74, 6) is -2.04. The zero-order chi connectivity index (χ0) is 23.3. The quantitative estimate of drug-likeness (QED) is 0.224. The molecule has 1 heterocycles. The second-order valence-electron chi connectivity index (χ2n) is 7.28. The number of esters is 1. The van der Waals surface area contributed by atoms with Crippen LogP contribution in [0.2, 0.25) is 0 Å². The normalized spacial score (nSPS) is 15.1. The summed E-state index contributed by atoms with van der Waals surface area (Å²) in [6, 6.07) is 5.51. The van der Waals surface area contributed by atoms with Crippen molar-refractivity contribution in [3.05, 3.63) is 55.9 Å². The fraction of sp³-hybridized carbons (Fsp3) is 0.333. The molecule has 0 radical (unpaired) electrons. The molecule has 1 unspecified atom stereocenters. The summed E-state index contributed by atoms with van der Waals surface area (Å²) >= 11 is 1.28. The average Bonchev–Trinajstić information content (AvgIpc) is 3.10. The maximum absolute atomic E-state index is 12.5. The molecule has 0 bridgehead atoms. The number of hydrogen-bond donors (Lipinski definition) is 2. The van der Waals surface area contributed by atoms with Gasteiger partial charge in [-0.1, -0.05) is 6.92 Å². The third kappa shape index (κ3) is 5.35. The second-order valence-corrected chi connectivity index (χ2v) is 8.38. The number of fused-ring (bicyclic) bond motifs is 1. The van der Waals surface area contributed by atoms with Crippen molar-refractivity contribution in [2.45, 2.75) is 33.1 Å². The highest BCUT2D eigenvalue weighted by atomic mass is 32.1. The number of hydrogen-bond acceptors (Lipinski definition) is 8. The van der Waals surface area contributed by atoms with Crippen LogP contribution in [0.5, 0.6) is 0 Å². The molecule has 1 atom stereocenters. The molecular formula is C21H22N4O6S. The largest absolute Gasteiger partial charge is 0.462 e. The summed E-state index contributed by atoms with van der Waals surface area (Å²) < 4.78 is 5.15. The van der Waals surface area contributed by atoms with Crippen molar-refractivity contribution >= 4 is 46.0 Å². The molecule has 32 heavy (non-hydrogen) atoms. The van der Waals surface area contributed by atoms with E-state index in [4.69, 9.17) is 4.74 Å². The highest BCUT2D eigenvalue weighted by molar-refractivity contribution is 7.17. The van der Waals surface area contributed by atoms with Crippen LogP contribution in [0.3, 0.4) is 0 Å². The SMILES string of the molecule is CCOC(=O)c1c(NC(=O)C(=O)NN=Cc2ccc([N+](=O)[O-])cc2)sc2c1CCC(C)C2. The standard InChI is InChI=1S/C21H22N4O6S/c1-3-31-21(28)17-15-9-4-12(2)10-16(15)32-20(17)23-18(26)19(27)24-22-11-13-5-7-14(8-6-13)25(29)30/h5-8,11-12H,3-4,9-10H2,1-2H3,(H,23,26)(H,24,27). The Balaban J connectivity index is 1.68. The summed E-state index contributed by atoms with van der Waals surface area (Å²) in [5.41, 5.74) is 3.72. The molecule has 1 aliphatic carbocycles. The summed E-state index contributed by atoms with van der Waals surface area (Å²) in [7, 11) is 0. The molecular weight excluding hydrogens is 436 g/mol. The van der Waals surface area contributed by atoms with E-state index in [2.05, 4.69) is 22.8 Å². The number of benzene rings is 1. The molecule has 0 aliphatic heterocycles. The molecule has 1 aliphatic rings. The number of ether oxygens (including phenoxy) is 1. The molecule has 1 aromatic carbocycles. The van der Waals surface area contributed by atoms with E-state index in [1.54, 1.807) is 6.92 Å². The number of thiophene rings is 1. The number of nitro groups is 1. The van der Waals surface area contributed by atoms with Gasteiger partial charge in [-0.15, -0.1) is 11.3 Å². The van der Waals surface area contributed by atoms with E-state index in [1.165, 1.54) is 41.8 Å². The monoisotopic (exact) mass is 458 g/mol. The molecule has 0 saturated heterocycles. The number of anilines is 1. The molecule has 11 heteroatoms. The third-order valence-corrected chi connectivity index (χ3v) is 6.08. The Kier molecular flexibility index (Phi) is 7.31. The first-order valence-electron chi connectivity index (χ1n) is 10.0. The number of carbonyl (C=O) groups is 3. The highest BCUT2D eigenvalue weighted by Gasteiger charge is 2.30. The molecule has 3 rings (SSSR count). The van der Waals surface area contributed by atoms with Crippen molar-refractivity contribution in [1.29, 1.82) is 0 Å². The van der Waals surface area contributed by atoms with Gasteiger partial charge in [-0.2, -0.15) is 5.10 Å². The van der Waals surface area contributed by atoms with Gasteiger partial charge >= 0.3 is 17.8 Å². The molecule has 2 N–H and O–H groups in total. The molecule has 1 aromatic heterocycles.